The molecule has 1 aromatic heterocycles. The Balaban J connectivity index is 3.23. The molecule has 120 valence electrons. The Labute approximate surface area is 137 Å². The number of rotatable bonds is 7. The number of hydrogen-bond donors (Lipinski definition) is 2. The predicted octanol–water partition coefficient (Wildman–Crippen LogP) is 3.37. The second-order valence-electron chi connectivity index (χ2n) is 5.19. The second-order valence-corrected chi connectivity index (χ2v) is 6.22. The standard InChI is InChI=1S/C18H27N3S/c1-7-10-14(19)12-13(4)21(6)18-17(20-5)15(11-8-2)16(9-3)22-18/h7-11,13,19-20H,2,12H2,1,3-6H3/b10-7-,15-11+,16-9+,19-14?. The summed E-state index contributed by atoms with van der Waals surface area (Å²) in [6.45, 7) is 9.97. The lowest BCUT2D eigenvalue weighted by atomic mass is 10.1. The van der Waals surface area contributed by atoms with Crippen molar-refractivity contribution in [1.82, 2.24) is 0 Å². The highest BCUT2D eigenvalue weighted by atomic mass is 32.1. The molecule has 0 amide bonds. The van der Waals surface area contributed by atoms with E-state index < -0.39 is 0 Å². The van der Waals surface area contributed by atoms with Crippen molar-refractivity contribution in [3.8, 4) is 0 Å². The summed E-state index contributed by atoms with van der Waals surface area (Å²) in [7, 11) is 4.04. The third-order valence-electron chi connectivity index (χ3n) is 3.62. The van der Waals surface area contributed by atoms with E-state index in [1.54, 1.807) is 11.3 Å². The van der Waals surface area contributed by atoms with E-state index >= 15 is 0 Å². The number of nitrogens with one attached hydrogen (secondary N) is 2. The molecule has 22 heavy (non-hydrogen) atoms. The lowest BCUT2D eigenvalue weighted by Crippen LogP contribution is -2.30. The van der Waals surface area contributed by atoms with Crippen LogP contribution in [-0.2, 0) is 0 Å². The van der Waals surface area contributed by atoms with Crippen molar-refractivity contribution in [2.24, 2.45) is 0 Å². The van der Waals surface area contributed by atoms with Crippen molar-refractivity contribution in [2.45, 2.75) is 33.2 Å². The van der Waals surface area contributed by atoms with Gasteiger partial charge in [-0.3, -0.25) is 0 Å². The number of hydrogen-bond acceptors (Lipinski definition) is 4. The number of thiophene rings is 1. The van der Waals surface area contributed by atoms with Crippen molar-refractivity contribution in [3.63, 3.8) is 0 Å². The Morgan fingerprint density at radius 1 is 1.45 bits per heavy atom. The topological polar surface area (TPSA) is 39.1 Å². The molecule has 0 saturated carbocycles. The van der Waals surface area contributed by atoms with Crippen LogP contribution in [0.1, 0.15) is 27.2 Å². The minimum atomic E-state index is 0.260. The molecule has 0 aliphatic carbocycles. The fourth-order valence-electron chi connectivity index (χ4n) is 2.36. The Hall–Kier alpha value is -1.81. The first-order valence-corrected chi connectivity index (χ1v) is 8.34. The molecule has 0 bridgehead atoms. The van der Waals surface area contributed by atoms with Gasteiger partial charge in [0.1, 0.15) is 5.00 Å². The van der Waals surface area contributed by atoms with Gasteiger partial charge < -0.3 is 15.6 Å². The van der Waals surface area contributed by atoms with E-state index in [-0.39, 0.29) is 6.04 Å². The van der Waals surface area contributed by atoms with Gasteiger partial charge >= 0.3 is 0 Å². The van der Waals surface area contributed by atoms with Crippen molar-refractivity contribution in [3.05, 3.63) is 34.6 Å². The van der Waals surface area contributed by atoms with Crippen molar-refractivity contribution in [1.29, 1.82) is 5.41 Å². The van der Waals surface area contributed by atoms with Gasteiger partial charge in [-0.15, -0.1) is 11.3 Å². The number of anilines is 2. The molecule has 0 radical (unpaired) electrons. The summed E-state index contributed by atoms with van der Waals surface area (Å²) in [5.74, 6) is 0. The van der Waals surface area contributed by atoms with Gasteiger partial charge in [-0.25, -0.2) is 0 Å². The third-order valence-corrected chi connectivity index (χ3v) is 4.98. The molecule has 0 spiro atoms. The van der Waals surface area contributed by atoms with Crippen LogP contribution >= 0.6 is 11.3 Å². The lowest BCUT2D eigenvalue weighted by Gasteiger charge is -2.26. The molecule has 1 rings (SSSR count). The smallest absolute Gasteiger partial charge is 0.116 e. The van der Waals surface area contributed by atoms with Gasteiger partial charge in [0.15, 0.2) is 0 Å². The van der Waals surface area contributed by atoms with Gasteiger partial charge in [-0.1, -0.05) is 30.9 Å². The molecule has 3 nitrogen and oxygen atoms in total. The zero-order chi connectivity index (χ0) is 16.7. The first kappa shape index (κ1) is 18.2. The molecule has 0 aliphatic heterocycles. The van der Waals surface area contributed by atoms with Crippen molar-refractivity contribution >= 4 is 39.9 Å². The Morgan fingerprint density at radius 3 is 2.64 bits per heavy atom. The summed E-state index contributed by atoms with van der Waals surface area (Å²) in [5, 5.41) is 13.7. The molecule has 0 aliphatic rings. The minimum Gasteiger partial charge on any atom is -0.385 e. The van der Waals surface area contributed by atoms with E-state index in [9.17, 15) is 0 Å². The third kappa shape index (κ3) is 4.10. The quantitative estimate of drug-likeness (QED) is 0.757. The first-order chi connectivity index (χ1) is 10.5. The van der Waals surface area contributed by atoms with Gasteiger partial charge in [0, 0.05) is 42.0 Å². The monoisotopic (exact) mass is 317 g/mol. The molecule has 1 atom stereocenters. The van der Waals surface area contributed by atoms with E-state index in [0.29, 0.717) is 5.71 Å². The van der Waals surface area contributed by atoms with Crippen LogP contribution in [0, 0.1) is 5.41 Å². The van der Waals surface area contributed by atoms with Crippen LogP contribution in [-0.4, -0.2) is 25.8 Å². The van der Waals surface area contributed by atoms with Gasteiger partial charge in [0.05, 0.1) is 5.69 Å². The fraction of sp³-hybridized carbons (Fsp3) is 0.389. The average molecular weight is 318 g/mol. The predicted molar refractivity (Wildman–Crippen MR) is 103 cm³/mol. The number of allylic oxidation sites excluding steroid dienone is 3. The summed E-state index contributed by atoms with van der Waals surface area (Å²) in [4.78, 5) is 2.25. The molecular weight excluding hydrogens is 290 g/mol. The molecule has 1 unspecified atom stereocenters. The van der Waals surface area contributed by atoms with Gasteiger partial charge in [0.25, 0.3) is 0 Å². The SMILES string of the molecule is C=C/C=c1/c(NC)c(N(C)C(C)CC(=N)/C=C\C)s/c1=C/C. The van der Waals surface area contributed by atoms with Crippen LogP contribution in [0.4, 0.5) is 10.7 Å². The molecule has 0 aromatic carbocycles. The van der Waals surface area contributed by atoms with Crippen LogP contribution in [0.2, 0.25) is 0 Å². The Bertz CT molecular complexity index is 667. The zero-order valence-corrected chi connectivity index (χ0v) is 15.1. The van der Waals surface area contributed by atoms with Crippen LogP contribution < -0.4 is 20.0 Å². The summed E-state index contributed by atoms with van der Waals surface area (Å²) in [6, 6.07) is 0.260. The van der Waals surface area contributed by atoms with Crippen molar-refractivity contribution < 1.29 is 0 Å². The van der Waals surface area contributed by atoms with Crippen LogP contribution in [0.5, 0.6) is 0 Å². The normalized spacial score (nSPS) is 14.4. The number of nitrogens with zero attached hydrogens (tertiary/aromatic N) is 1. The summed E-state index contributed by atoms with van der Waals surface area (Å²) < 4.78 is 1.24. The van der Waals surface area contributed by atoms with Gasteiger partial charge in [0.2, 0.25) is 0 Å². The maximum Gasteiger partial charge on any atom is 0.116 e. The average Bonchev–Trinajstić information content (AvgIpc) is 2.84. The van der Waals surface area contributed by atoms with E-state index in [1.807, 2.05) is 38.3 Å². The largest absolute Gasteiger partial charge is 0.385 e. The summed E-state index contributed by atoms with van der Waals surface area (Å²) in [6.07, 6.45) is 10.5. The molecule has 0 saturated heterocycles. The summed E-state index contributed by atoms with van der Waals surface area (Å²) in [5.41, 5.74) is 1.79. The van der Waals surface area contributed by atoms with Crippen LogP contribution in [0.25, 0.3) is 12.2 Å². The van der Waals surface area contributed by atoms with E-state index in [4.69, 9.17) is 5.41 Å². The highest BCUT2D eigenvalue weighted by Crippen LogP contribution is 2.27. The Morgan fingerprint density at radius 2 is 2.14 bits per heavy atom. The molecule has 1 aromatic rings. The van der Waals surface area contributed by atoms with E-state index in [2.05, 4.69) is 43.8 Å². The van der Waals surface area contributed by atoms with Crippen molar-refractivity contribution in [2.75, 3.05) is 24.3 Å². The maximum atomic E-state index is 7.97. The lowest BCUT2D eigenvalue weighted by molar-refractivity contribution is 0.718. The maximum absolute atomic E-state index is 7.97. The van der Waals surface area contributed by atoms with Gasteiger partial charge in [-0.05, 0) is 26.8 Å². The summed E-state index contributed by atoms with van der Waals surface area (Å²) >= 11 is 1.77. The molecule has 4 heteroatoms. The van der Waals surface area contributed by atoms with Gasteiger partial charge in [-0.2, -0.15) is 0 Å². The molecule has 1 heterocycles. The van der Waals surface area contributed by atoms with Crippen LogP contribution in [0.15, 0.2) is 24.8 Å². The van der Waals surface area contributed by atoms with E-state index in [0.717, 1.165) is 12.1 Å². The van der Waals surface area contributed by atoms with Crippen LogP contribution in [0.3, 0.4) is 0 Å². The molecule has 0 fully saturated rings. The zero-order valence-electron chi connectivity index (χ0n) is 14.2. The van der Waals surface area contributed by atoms with E-state index in [1.165, 1.54) is 14.8 Å². The minimum absolute atomic E-state index is 0.260. The fourth-order valence-corrected chi connectivity index (χ4v) is 3.61. The molecular formula is C18H27N3S. The Kier molecular flexibility index (Phi) is 7.12. The molecule has 2 N–H and O–H groups in total. The first-order valence-electron chi connectivity index (χ1n) is 7.52. The second kappa shape index (κ2) is 8.59. The highest BCUT2D eigenvalue weighted by molar-refractivity contribution is 7.14. The highest BCUT2D eigenvalue weighted by Gasteiger charge is 2.17.